The summed E-state index contributed by atoms with van der Waals surface area (Å²) in [5.74, 6) is 0.715. The molecule has 1 radical (unpaired) electrons. The molecule has 1 heteroatoms. The van der Waals surface area contributed by atoms with E-state index in [0.29, 0.717) is 5.92 Å². The summed E-state index contributed by atoms with van der Waals surface area (Å²) < 4.78 is 0. The van der Waals surface area contributed by atoms with Gasteiger partial charge in [0.1, 0.15) is 0 Å². The summed E-state index contributed by atoms with van der Waals surface area (Å²) in [6.45, 7) is 6.69. The monoisotopic (exact) mass is 264 g/mol. The summed E-state index contributed by atoms with van der Waals surface area (Å²) in [7, 11) is 0. The first kappa shape index (κ1) is 13.2. The van der Waals surface area contributed by atoms with E-state index in [1.165, 1.54) is 35.2 Å². The van der Waals surface area contributed by atoms with E-state index in [4.69, 9.17) is 0 Å². The minimum atomic E-state index is 0.715. The molecule has 103 valence electrons. The van der Waals surface area contributed by atoms with Crippen LogP contribution >= 0.6 is 0 Å². The van der Waals surface area contributed by atoms with Gasteiger partial charge in [-0.05, 0) is 67.5 Å². The maximum Gasteiger partial charge on any atom is 0.0371 e. The van der Waals surface area contributed by atoms with Crippen LogP contribution in [-0.2, 0) is 0 Å². The lowest BCUT2D eigenvalue weighted by atomic mass is 9.89. The van der Waals surface area contributed by atoms with E-state index in [-0.39, 0.29) is 0 Å². The molecule has 1 nitrogen and oxygen atoms in total. The van der Waals surface area contributed by atoms with Crippen LogP contribution in [0.25, 0.3) is 0 Å². The fourth-order valence-electron chi connectivity index (χ4n) is 3.28. The second-order valence-corrected chi connectivity index (χ2v) is 5.94. The van der Waals surface area contributed by atoms with Crippen LogP contribution in [-0.4, -0.2) is 13.1 Å². The summed E-state index contributed by atoms with van der Waals surface area (Å²) in [5, 5.41) is 0. The molecule has 0 aromatic heterocycles. The van der Waals surface area contributed by atoms with Crippen LogP contribution in [0.2, 0.25) is 0 Å². The smallest absolute Gasteiger partial charge is 0.0371 e. The lowest BCUT2D eigenvalue weighted by Crippen LogP contribution is -2.32. The highest BCUT2D eigenvalue weighted by Crippen LogP contribution is 2.30. The molecule has 1 aliphatic heterocycles. The fraction of sp³-hybridized carbons (Fsp3) is 0.368. The molecule has 0 amide bonds. The third-order valence-electron chi connectivity index (χ3n) is 4.28. The largest absolute Gasteiger partial charge is 0.371 e. The Morgan fingerprint density at radius 3 is 2.15 bits per heavy atom. The molecule has 0 aliphatic carbocycles. The van der Waals surface area contributed by atoms with Crippen molar-refractivity contribution >= 4 is 5.69 Å². The first-order valence-corrected chi connectivity index (χ1v) is 7.51. The molecule has 0 spiro atoms. The Labute approximate surface area is 122 Å². The SMILES string of the molecule is Cc1cc(C)cc(N2CCC(c3cc[c]cc3)CC2)c1. The van der Waals surface area contributed by atoms with Gasteiger partial charge in [0, 0.05) is 18.8 Å². The predicted molar refractivity (Wildman–Crippen MR) is 85.4 cm³/mol. The first-order chi connectivity index (χ1) is 9.72. The summed E-state index contributed by atoms with van der Waals surface area (Å²) in [6.07, 6.45) is 2.49. The van der Waals surface area contributed by atoms with Gasteiger partial charge in [0.25, 0.3) is 0 Å². The van der Waals surface area contributed by atoms with Crippen molar-refractivity contribution in [3.05, 3.63) is 65.2 Å². The quantitative estimate of drug-likeness (QED) is 0.772. The Kier molecular flexibility index (Phi) is 3.77. The van der Waals surface area contributed by atoms with Crippen molar-refractivity contribution in [2.24, 2.45) is 0 Å². The van der Waals surface area contributed by atoms with E-state index in [1.54, 1.807) is 0 Å². The number of aryl methyl sites for hydroxylation is 2. The number of hydrogen-bond donors (Lipinski definition) is 0. The molecular formula is C19H22N. The molecular weight excluding hydrogens is 242 g/mol. The maximum atomic E-state index is 3.11. The number of nitrogens with zero attached hydrogens (tertiary/aromatic N) is 1. The number of piperidine rings is 1. The van der Waals surface area contributed by atoms with Gasteiger partial charge < -0.3 is 4.90 Å². The maximum absolute atomic E-state index is 3.11. The highest BCUT2D eigenvalue weighted by molar-refractivity contribution is 5.51. The summed E-state index contributed by atoms with van der Waals surface area (Å²) in [5.41, 5.74) is 5.59. The van der Waals surface area contributed by atoms with E-state index < -0.39 is 0 Å². The predicted octanol–water partition coefficient (Wildman–Crippen LogP) is 4.49. The standard InChI is InChI=1S/C19H22N/c1-15-12-16(2)14-19(13-15)20-10-8-18(9-11-20)17-6-4-3-5-7-17/h4-7,12-14,18H,8-11H2,1-2H3. The third-order valence-corrected chi connectivity index (χ3v) is 4.28. The van der Waals surface area contributed by atoms with E-state index in [9.17, 15) is 0 Å². The number of anilines is 1. The number of hydrogen-bond acceptors (Lipinski definition) is 1. The molecule has 0 N–H and O–H groups in total. The Bertz CT molecular complexity index is 545. The lowest BCUT2D eigenvalue weighted by molar-refractivity contribution is 0.505. The Balaban J connectivity index is 1.69. The average molecular weight is 264 g/mol. The van der Waals surface area contributed by atoms with Crippen molar-refractivity contribution in [3.8, 4) is 0 Å². The molecule has 20 heavy (non-hydrogen) atoms. The normalized spacial score (nSPS) is 16.4. The lowest BCUT2D eigenvalue weighted by Gasteiger charge is -2.34. The minimum Gasteiger partial charge on any atom is -0.371 e. The van der Waals surface area contributed by atoms with Crippen molar-refractivity contribution in [3.63, 3.8) is 0 Å². The molecule has 0 saturated carbocycles. The van der Waals surface area contributed by atoms with Crippen LogP contribution in [0, 0.1) is 19.9 Å². The van der Waals surface area contributed by atoms with Crippen molar-refractivity contribution in [2.75, 3.05) is 18.0 Å². The zero-order valence-electron chi connectivity index (χ0n) is 12.4. The van der Waals surface area contributed by atoms with E-state index in [2.05, 4.69) is 55.1 Å². The summed E-state index contributed by atoms with van der Waals surface area (Å²) >= 11 is 0. The van der Waals surface area contributed by atoms with Gasteiger partial charge in [0.15, 0.2) is 0 Å². The molecule has 3 rings (SSSR count). The van der Waals surface area contributed by atoms with Gasteiger partial charge in [-0.2, -0.15) is 0 Å². The van der Waals surface area contributed by atoms with Crippen LogP contribution in [0.3, 0.4) is 0 Å². The van der Waals surface area contributed by atoms with Gasteiger partial charge in [-0.15, -0.1) is 0 Å². The third kappa shape index (κ3) is 2.87. The highest BCUT2D eigenvalue weighted by Gasteiger charge is 2.20. The zero-order valence-corrected chi connectivity index (χ0v) is 12.4. The van der Waals surface area contributed by atoms with Crippen molar-refractivity contribution in [2.45, 2.75) is 32.6 Å². The second kappa shape index (κ2) is 5.70. The molecule has 1 aliphatic rings. The van der Waals surface area contributed by atoms with E-state index in [0.717, 1.165) is 13.1 Å². The van der Waals surface area contributed by atoms with Crippen molar-refractivity contribution in [1.82, 2.24) is 0 Å². The van der Waals surface area contributed by atoms with E-state index in [1.807, 2.05) is 12.1 Å². The second-order valence-electron chi connectivity index (χ2n) is 5.94. The molecule has 2 aromatic carbocycles. The summed E-state index contributed by atoms with van der Waals surface area (Å²) in [4.78, 5) is 2.53. The number of benzene rings is 2. The van der Waals surface area contributed by atoms with Gasteiger partial charge in [0.05, 0.1) is 0 Å². The molecule has 0 bridgehead atoms. The van der Waals surface area contributed by atoms with Gasteiger partial charge in [-0.1, -0.05) is 30.3 Å². The van der Waals surface area contributed by atoms with E-state index >= 15 is 0 Å². The van der Waals surface area contributed by atoms with Crippen LogP contribution in [0.15, 0.2) is 42.5 Å². The molecule has 1 saturated heterocycles. The van der Waals surface area contributed by atoms with Crippen molar-refractivity contribution in [1.29, 1.82) is 0 Å². The molecule has 0 atom stereocenters. The summed E-state index contributed by atoms with van der Waals surface area (Å²) in [6, 6.07) is 18.5. The zero-order chi connectivity index (χ0) is 13.9. The van der Waals surface area contributed by atoms with Gasteiger partial charge in [-0.25, -0.2) is 0 Å². The van der Waals surface area contributed by atoms with Gasteiger partial charge in [-0.3, -0.25) is 0 Å². The van der Waals surface area contributed by atoms with Crippen LogP contribution in [0.4, 0.5) is 5.69 Å². The average Bonchev–Trinajstić information content (AvgIpc) is 2.47. The Hall–Kier alpha value is -1.76. The Morgan fingerprint density at radius 2 is 1.55 bits per heavy atom. The molecule has 2 aromatic rings. The highest BCUT2D eigenvalue weighted by atomic mass is 15.1. The van der Waals surface area contributed by atoms with Gasteiger partial charge >= 0.3 is 0 Å². The Morgan fingerprint density at radius 1 is 0.950 bits per heavy atom. The van der Waals surface area contributed by atoms with Gasteiger partial charge in [0.2, 0.25) is 0 Å². The molecule has 1 heterocycles. The number of rotatable bonds is 2. The van der Waals surface area contributed by atoms with Crippen LogP contribution < -0.4 is 4.90 Å². The van der Waals surface area contributed by atoms with Crippen LogP contribution in [0.5, 0.6) is 0 Å². The topological polar surface area (TPSA) is 3.24 Å². The first-order valence-electron chi connectivity index (χ1n) is 7.51. The minimum absolute atomic E-state index is 0.715. The molecule has 1 fully saturated rings. The van der Waals surface area contributed by atoms with Crippen molar-refractivity contribution < 1.29 is 0 Å². The fourth-order valence-corrected chi connectivity index (χ4v) is 3.28. The van der Waals surface area contributed by atoms with Crippen LogP contribution in [0.1, 0.15) is 35.4 Å². The molecule has 0 unspecified atom stereocenters.